The molecule has 35 heavy (non-hydrogen) atoms. The van der Waals surface area contributed by atoms with E-state index in [9.17, 15) is 4.79 Å². The summed E-state index contributed by atoms with van der Waals surface area (Å²) in [7, 11) is 1.68. The summed E-state index contributed by atoms with van der Waals surface area (Å²) in [6.45, 7) is 3.96. The fourth-order valence-corrected chi connectivity index (χ4v) is 4.55. The van der Waals surface area contributed by atoms with Gasteiger partial charge in [-0.15, -0.1) is 0 Å². The molecule has 1 amide bonds. The van der Waals surface area contributed by atoms with Crippen LogP contribution in [0, 0.1) is 0 Å². The van der Waals surface area contributed by atoms with Crippen molar-refractivity contribution in [3.63, 3.8) is 0 Å². The average Bonchev–Trinajstić information content (AvgIpc) is 2.92. The number of para-hydroxylation sites is 2. The van der Waals surface area contributed by atoms with E-state index in [4.69, 9.17) is 24.2 Å². The highest BCUT2D eigenvalue weighted by molar-refractivity contribution is 5.78. The van der Waals surface area contributed by atoms with Crippen molar-refractivity contribution in [3.05, 3.63) is 77.2 Å². The number of hydrogen-bond acceptors (Lipinski definition) is 7. The topological polar surface area (TPSA) is 77.0 Å². The van der Waals surface area contributed by atoms with Crippen molar-refractivity contribution in [3.8, 4) is 11.5 Å². The van der Waals surface area contributed by atoms with Crippen molar-refractivity contribution in [2.24, 2.45) is 0 Å². The van der Waals surface area contributed by atoms with Crippen LogP contribution in [0.5, 0.6) is 11.5 Å². The molecule has 8 heteroatoms. The van der Waals surface area contributed by atoms with E-state index in [-0.39, 0.29) is 12.5 Å². The van der Waals surface area contributed by atoms with Gasteiger partial charge in [0.05, 0.1) is 32.6 Å². The number of methoxy groups -OCH3 is 1. The predicted molar refractivity (Wildman–Crippen MR) is 132 cm³/mol. The molecule has 1 saturated heterocycles. The number of carbonyl (C=O) groups excluding carboxylic acids is 1. The minimum Gasteiger partial charge on any atom is -0.496 e. The summed E-state index contributed by atoms with van der Waals surface area (Å²) < 4.78 is 16.8. The molecular weight excluding hydrogens is 444 g/mol. The molecule has 0 unspecified atom stereocenters. The maximum Gasteiger partial charge on any atom is 0.260 e. The molecule has 0 saturated carbocycles. The Morgan fingerprint density at radius 2 is 1.77 bits per heavy atom. The number of rotatable bonds is 7. The Balaban J connectivity index is 1.39. The summed E-state index contributed by atoms with van der Waals surface area (Å²) >= 11 is 0. The highest BCUT2D eigenvalue weighted by atomic mass is 16.5. The van der Waals surface area contributed by atoms with Gasteiger partial charge in [-0.2, -0.15) is 0 Å². The third kappa shape index (κ3) is 5.38. The van der Waals surface area contributed by atoms with E-state index in [0.29, 0.717) is 44.9 Å². The first-order valence-corrected chi connectivity index (χ1v) is 12.0. The average molecular weight is 475 g/mol. The van der Waals surface area contributed by atoms with Crippen LogP contribution < -0.4 is 14.4 Å². The summed E-state index contributed by atoms with van der Waals surface area (Å²) in [4.78, 5) is 27.0. The fraction of sp³-hybridized carbons (Fsp3) is 0.370. The van der Waals surface area contributed by atoms with E-state index in [1.165, 1.54) is 0 Å². The van der Waals surface area contributed by atoms with E-state index in [1.54, 1.807) is 7.11 Å². The molecule has 5 rings (SSSR count). The zero-order chi connectivity index (χ0) is 24.0. The lowest BCUT2D eigenvalue weighted by atomic mass is 10.0. The van der Waals surface area contributed by atoms with Gasteiger partial charge in [-0.1, -0.05) is 36.4 Å². The van der Waals surface area contributed by atoms with Crippen molar-refractivity contribution in [2.45, 2.75) is 19.4 Å². The monoisotopic (exact) mass is 474 g/mol. The lowest BCUT2D eigenvalue weighted by Gasteiger charge is -2.34. The van der Waals surface area contributed by atoms with Crippen LogP contribution >= 0.6 is 0 Å². The molecule has 0 bridgehead atoms. The van der Waals surface area contributed by atoms with Crippen molar-refractivity contribution in [1.29, 1.82) is 0 Å². The molecule has 0 atom stereocenters. The maximum absolute atomic E-state index is 13.0. The molecule has 0 N–H and O–H groups in total. The predicted octanol–water partition coefficient (Wildman–Crippen LogP) is 2.88. The summed E-state index contributed by atoms with van der Waals surface area (Å²) in [6.07, 6.45) is 1.27. The summed E-state index contributed by atoms with van der Waals surface area (Å²) in [5.74, 6) is 3.16. The highest BCUT2D eigenvalue weighted by Crippen LogP contribution is 2.29. The Labute approximate surface area is 205 Å². The molecule has 2 aliphatic heterocycles. The van der Waals surface area contributed by atoms with Crippen LogP contribution in [-0.2, 0) is 28.9 Å². The van der Waals surface area contributed by atoms with Crippen molar-refractivity contribution in [1.82, 2.24) is 14.9 Å². The van der Waals surface area contributed by atoms with Gasteiger partial charge in [0.1, 0.15) is 23.1 Å². The van der Waals surface area contributed by atoms with E-state index in [0.717, 1.165) is 47.3 Å². The Kier molecular flexibility index (Phi) is 7.09. The van der Waals surface area contributed by atoms with Crippen LogP contribution in [0.3, 0.4) is 0 Å². The van der Waals surface area contributed by atoms with Crippen LogP contribution in [-0.4, -0.2) is 67.3 Å². The normalized spacial score (nSPS) is 15.5. The van der Waals surface area contributed by atoms with Crippen LogP contribution in [0.4, 0.5) is 5.82 Å². The SMILES string of the molecule is COc1ccccc1Cc1nc2c(c(N3CCOCC3)n1)CN(C(=O)COc1ccccc1)CC2. The van der Waals surface area contributed by atoms with Gasteiger partial charge < -0.3 is 24.0 Å². The van der Waals surface area contributed by atoms with E-state index in [2.05, 4.69) is 4.90 Å². The van der Waals surface area contributed by atoms with Gasteiger partial charge in [-0.25, -0.2) is 9.97 Å². The summed E-state index contributed by atoms with van der Waals surface area (Å²) in [6, 6.07) is 17.4. The molecular formula is C27H30N4O4. The smallest absolute Gasteiger partial charge is 0.260 e. The molecule has 1 fully saturated rings. The van der Waals surface area contributed by atoms with Crippen molar-refractivity contribution in [2.75, 3.05) is 51.5 Å². The maximum atomic E-state index is 13.0. The van der Waals surface area contributed by atoms with Gasteiger partial charge in [0, 0.05) is 43.6 Å². The van der Waals surface area contributed by atoms with Gasteiger partial charge in [0.25, 0.3) is 5.91 Å². The summed E-state index contributed by atoms with van der Waals surface area (Å²) in [5, 5.41) is 0. The van der Waals surface area contributed by atoms with E-state index < -0.39 is 0 Å². The number of anilines is 1. The van der Waals surface area contributed by atoms with Crippen molar-refractivity contribution < 1.29 is 19.0 Å². The number of fused-ring (bicyclic) bond motifs is 1. The first-order chi connectivity index (χ1) is 17.2. The zero-order valence-electron chi connectivity index (χ0n) is 20.0. The molecule has 2 aliphatic rings. The molecule has 2 aromatic carbocycles. The fourth-order valence-electron chi connectivity index (χ4n) is 4.55. The van der Waals surface area contributed by atoms with Crippen LogP contribution in [0.25, 0.3) is 0 Å². The van der Waals surface area contributed by atoms with Gasteiger partial charge >= 0.3 is 0 Å². The molecule has 1 aromatic heterocycles. The quantitative estimate of drug-likeness (QED) is 0.521. The second-order valence-electron chi connectivity index (χ2n) is 8.64. The number of amides is 1. The van der Waals surface area contributed by atoms with E-state index in [1.807, 2.05) is 59.5 Å². The number of carbonyl (C=O) groups is 1. The highest BCUT2D eigenvalue weighted by Gasteiger charge is 2.28. The summed E-state index contributed by atoms with van der Waals surface area (Å²) in [5.41, 5.74) is 3.09. The minimum absolute atomic E-state index is 0.0129. The lowest BCUT2D eigenvalue weighted by Crippen LogP contribution is -2.42. The zero-order valence-corrected chi connectivity index (χ0v) is 20.0. The second kappa shape index (κ2) is 10.7. The Hall–Kier alpha value is -3.65. The van der Waals surface area contributed by atoms with Gasteiger partial charge in [0.2, 0.25) is 0 Å². The Morgan fingerprint density at radius 1 is 1.00 bits per heavy atom. The second-order valence-corrected chi connectivity index (χ2v) is 8.64. The number of nitrogens with zero attached hydrogens (tertiary/aromatic N) is 4. The molecule has 3 aromatic rings. The third-order valence-electron chi connectivity index (χ3n) is 6.39. The number of morpholine rings is 1. The number of hydrogen-bond donors (Lipinski definition) is 0. The first-order valence-electron chi connectivity index (χ1n) is 12.0. The van der Waals surface area contributed by atoms with Crippen LogP contribution in [0.1, 0.15) is 22.6 Å². The van der Waals surface area contributed by atoms with Crippen LogP contribution in [0.2, 0.25) is 0 Å². The lowest BCUT2D eigenvalue weighted by molar-refractivity contribution is -0.134. The molecule has 0 radical (unpaired) electrons. The molecule has 0 aliphatic carbocycles. The van der Waals surface area contributed by atoms with E-state index >= 15 is 0 Å². The minimum atomic E-state index is -0.0365. The molecule has 182 valence electrons. The van der Waals surface area contributed by atoms with Crippen molar-refractivity contribution >= 4 is 11.7 Å². The number of benzene rings is 2. The third-order valence-corrected chi connectivity index (χ3v) is 6.39. The molecule has 0 spiro atoms. The number of aromatic nitrogens is 2. The Morgan fingerprint density at radius 3 is 2.57 bits per heavy atom. The van der Waals surface area contributed by atoms with Crippen LogP contribution in [0.15, 0.2) is 54.6 Å². The number of ether oxygens (including phenoxy) is 3. The molecule has 3 heterocycles. The molecule has 8 nitrogen and oxygen atoms in total. The standard InChI is InChI=1S/C27H30N4O4/c1-33-24-10-6-5-7-20(24)17-25-28-23-11-12-31(26(32)19-35-21-8-3-2-4-9-21)18-22(23)27(29-25)30-13-15-34-16-14-30/h2-10H,11-19H2,1H3. The van der Waals surface area contributed by atoms with Gasteiger partial charge in [0.15, 0.2) is 6.61 Å². The van der Waals surface area contributed by atoms with Gasteiger partial charge in [-0.05, 0) is 18.2 Å². The first kappa shape index (κ1) is 23.1. The Bertz CT molecular complexity index is 1170. The van der Waals surface area contributed by atoms with Gasteiger partial charge in [-0.3, -0.25) is 4.79 Å². The largest absolute Gasteiger partial charge is 0.496 e.